The van der Waals surface area contributed by atoms with Crippen molar-refractivity contribution in [3.05, 3.63) is 11.1 Å². The summed E-state index contributed by atoms with van der Waals surface area (Å²) in [4.78, 5) is 17.9. The van der Waals surface area contributed by atoms with Gasteiger partial charge in [0, 0.05) is 29.5 Å². The number of carbonyl (C=O) groups is 1. The maximum atomic E-state index is 12.5. The van der Waals surface area contributed by atoms with E-state index >= 15 is 0 Å². The Labute approximate surface area is 142 Å². The highest BCUT2D eigenvalue weighted by Crippen LogP contribution is 2.50. The second-order valence-corrected chi connectivity index (χ2v) is 7.58. The summed E-state index contributed by atoms with van der Waals surface area (Å²) in [6.07, 6.45) is 2.38. The number of rotatable bonds is 5. The van der Waals surface area contributed by atoms with Gasteiger partial charge in [-0.1, -0.05) is 27.7 Å². The minimum atomic E-state index is -0.906. The molecule has 1 saturated carbocycles. The molecular formula is C15H26ClN3O2S. The third-order valence-corrected chi connectivity index (χ3v) is 5.76. The van der Waals surface area contributed by atoms with Crippen LogP contribution < -0.4 is 11.1 Å². The molecule has 7 heteroatoms. The molecule has 2 atom stereocenters. The standard InChI is InChI=1S/C15H25N3O2S.ClH/c1-6-20-11-7-15(16,14(11,4)5)12(19)18-13-17-8-10(21-13)9(2)3;/h8-9,11H,6-7,16H2,1-5H3,(H,17,18,19);1H. The normalized spacial score (nSPS) is 26.2. The largest absolute Gasteiger partial charge is 0.378 e. The predicted octanol–water partition coefficient (Wildman–Crippen LogP) is 3.16. The number of ether oxygens (including phenoxy) is 1. The summed E-state index contributed by atoms with van der Waals surface area (Å²) in [6, 6.07) is 0. The third-order valence-electron chi connectivity index (χ3n) is 4.55. The SMILES string of the molecule is CCOC1CC(N)(C(=O)Nc2ncc(C(C)C)s2)C1(C)C.Cl. The van der Waals surface area contributed by atoms with Gasteiger partial charge >= 0.3 is 0 Å². The molecule has 0 saturated heterocycles. The van der Waals surface area contributed by atoms with E-state index in [1.165, 1.54) is 11.3 Å². The average molecular weight is 348 g/mol. The van der Waals surface area contributed by atoms with Crippen LogP contribution in [0.4, 0.5) is 5.13 Å². The first-order valence-electron chi connectivity index (χ1n) is 7.40. The van der Waals surface area contributed by atoms with Crippen LogP contribution in [0.15, 0.2) is 6.20 Å². The molecule has 22 heavy (non-hydrogen) atoms. The number of thiazole rings is 1. The molecule has 2 rings (SSSR count). The van der Waals surface area contributed by atoms with Gasteiger partial charge in [-0.15, -0.1) is 23.7 Å². The molecule has 1 heterocycles. The Morgan fingerprint density at radius 1 is 1.59 bits per heavy atom. The molecule has 126 valence electrons. The van der Waals surface area contributed by atoms with Gasteiger partial charge in [0.1, 0.15) is 5.54 Å². The molecule has 1 aromatic heterocycles. The molecular weight excluding hydrogens is 322 g/mol. The van der Waals surface area contributed by atoms with E-state index in [1.54, 1.807) is 0 Å². The summed E-state index contributed by atoms with van der Waals surface area (Å²) in [5.41, 5.74) is 5.05. The monoisotopic (exact) mass is 347 g/mol. The predicted molar refractivity (Wildman–Crippen MR) is 92.8 cm³/mol. The number of halogens is 1. The number of anilines is 1. The first kappa shape index (κ1) is 19.4. The van der Waals surface area contributed by atoms with Crippen LogP contribution in [-0.2, 0) is 9.53 Å². The van der Waals surface area contributed by atoms with Gasteiger partial charge in [-0.05, 0) is 12.8 Å². The van der Waals surface area contributed by atoms with Crippen molar-refractivity contribution in [3.63, 3.8) is 0 Å². The fourth-order valence-corrected chi connectivity index (χ4v) is 3.45. The lowest BCUT2D eigenvalue weighted by Crippen LogP contribution is -2.74. The molecule has 3 N–H and O–H groups in total. The number of nitrogens with zero attached hydrogens (tertiary/aromatic N) is 1. The van der Waals surface area contributed by atoms with E-state index < -0.39 is 5.54 Å². The Bertz CT molecular complexity index is 533. The van der Waals surface area contributed by atoms with Crippen molar-refractivity contribution in [3.8, 4) is 0 Å². The minimum absolute atomic E-state index is 0. The van der Waals surface area contributed by atoms with Gasteiger partial charge in [0.25, 0.3) is 0 Å². The van der Waals surface area contributed by atoms with Gasteiger partial charge in [0.2, 0.25) is 5.91 Å². The van der Waals surface area contributed by atoms with Crippen LogP contribution in [0.25, 0.3) is 0 Å². The van der Waals surface area contributed by atoms with E-state index in [4.69, 9.17) is 10.5 Å². The van der Waals surface area contributed by atoms with Crippen molar-refractivity contribution in [2.24, 2.45) is 11.1 Å². The molecule has 0 aromatic carbocycles. The van der Waals surface area contributed by atoms with Crippen LogP contribution in [0, 0.1) is 5.41 Å². The average Bonchev–Trinajstić information content (AvgIpc) is 2.86. The van der Waals surface area contributed by atoms with Gasteiger partial charge in [-0.25, -0.2) is 4.98 Å². The highest BCUT2D eigenvalue weighted by atomic mass is 35.5. The van der Waals surface area contributed by atoms with Gasteiger partial charge in [-0.2, -0.15) is 0 Å². The lowest BCUT2D eigenvalue weighted by Gasteiger charge is -2.57. The number of amides is 1. The molecule has 1 fully saturated rings. The van der Waals surface area contributed by atoms with Crippen LogP contribution in [0.2, 0.25) is 0 Å². The van der Waals surface area contributed by atoms with Crippen molar-refractivity contribution in [1.82, 2.24) is 4.98 Å². The fourth-order valence-electron chi connectivity index (χ4n) is 2.64. The quantitative estimate of drug-likeness (QED) is 0.857. The highest BCUT2D eigenvalue weighted by molar-refractivity contribution is 7.15. The van der Waals surface area contributed by atoms with E-state index in [0.29, 0.717) is 24.1 Å². The summed E-state index contributed by atoms with van der Waals surface area (Å²) in [5.74, 6) is 0.232. The van der Waals surface area contributed by atoms with Crippen LogP contribution in [0.1, 0.15) is 51.8 Å². The number of hydrogen-bond acceptors (Lipinski definition) is 5. The van der Waals surface area contributed by atoms with Crippen LogP contribution in [-0.4, -0.2) is 29.1 Å². The molecule has 1 aromatic rings. The van der Waals surface area contributed by atoms with Gasteiger partial charge < -0.3 is 15.8 Å². The molecule has 2 unspecified atom stereocenters. The topological polar surface area (TPSA) is 77.2 Å². The minimum Gasteiger partial charge on any atom is -0.378 e. The van der Waals surface area contributed by atoms with E-state index in [0.717, 1.165) is 4.88 Å². The van der Waals surface area contributed by atoms with Crippen molar-refractivity contribution < 1.29 is 9.53 Å². The fraction of sp³-hybridized carbons (Fsp3) is 0.733. The van der Waals surface area contributed by atoms with E-state index in [1.807, 2.05) is 27.0 Å². The lowest BCUT2D eigenvalue weighted by atomic mass is 9.54. The van der Waals surface area contributed by atoms with E-state index in [2.05, 4.69) is 24.1 Å². The summed E-state index contributed by atoms with van der Waals surface area (Å²) in [6.45, 7) is 10.8. The zero-order valence-electron chi connectivity index (χ0n) is 13.8. The zero-order valence-corrected chi connectivity index (χ0v) is 15.4. The van der Waals surface area contributed by atoms with E-state index in [-0.39, 0.29) is 29.8 Å². The number of hydrogen-bond donors (Lipinski definition) is 2. The second kappa shape index (κ2) is 6.83. The van der Waals surface area contributed by atoms with Gasteiger partial charge in [-0.3, -0.25) is 4.79 Å². The first-order chi connectivity index (χ1) is 9.72. The van der Waals surface area contributed by atoms with Crippen molar-refractivity contribution in [2.75, 3.05) is 11.9 Å². The molecule has 0 radical (unpaired) electrons. The second-order valence-electron chi connectivity index (χ2n) is 6.52. The maximum Gasteiger partial charge on any atom is 0.246 e. The third kappa shape index (κ3) is 3.15. The first-order valence-corrected chi connectivity index (χ1v) is 8.21. The van der Waals surface area contributed by atoms with Crippen molar-refractivity contribution in [1.29, 1.82) is 0 Å². The van der Waals surface area contributed by atoms with Crippen molar-refractivity contribution >= 4 is 34.8 Å². The molecule has 0 spiro atoms. The summed E-state index contributed by atoms with van der Waals surface area (Å²) >= 11 is 1.50. The van der Waals surface area contributed by atoms with Crippen molar-refractivity contribution in [2.45, 2.75) is 58.6 Å². The number of aromatic nitrogens is 1. The molecule has 5 nitrogen and oxygen atoms in total. The Balaban J connectivity index is 0.00000242. The van der Waals surface area contributed by atoms with Gasteiger partial charge in [0.15, 0.2) is 5.13 Å². The van der Waals surface area contributed by atoms with Crippen LogP contribution >= 0.6 is 23.7 Å². The molecule has 1 aliphatic rings. The van der Waals surface area contributed by atoms with Crippen LogP contribution in [0.3, 0.4) is 0 Å². The summed E-state index contributed by atoms with van der Waals surface area (Å²) in [7, 11) is 0. The summed E-state index contributed by atoms with van der Waals surface area (Å²) in [5, 5.41) is 3.48. The Morgan fingerprint density at radius 3 is 2.68 bits per heavy atom. The molecule has 1 aliphatic carbocycles. The Kier molecular flexibility index (Phi) is 6.01. The summed E-state index contributed by atoms with van der Waals surface area (Å²) < 4.78 is 5.65. The number of nitrogens with one attached hydrogen (secondary N) is 1. The zero-order chi connectivity index (χ0) is 15.8. The molecule has 0 bridgehead atoms. The smallest absolute Gasteiger partial charge is 0.246 e. The molecule has 1 amide bonds. The van der Waals surface area contributed by atoms with Crippen LogP contribution in [0.5, 0.6) is 0 Å². The van der Waals surface area contributed by atoms with Gasteiger partial charge in [0.05, 0.1) is 6.10 Å². The number of nitrogens with two attached hydrogens (primary N) is 1. The Hall–Kier alpha value is -0.690. The number of carbonyl (C=O) groups excluding carboxylic acids is 1. The molecule has 0 aliphatic heterocycles. The highest BCUT2D eigenvalue weighted by Gasteiger charge is 2.62. The maximum absolute atomic E-state index is 12.5. The van der Waals surface area contributed by atoms with E-state index in [9.17, 15) is 4.79 Å². The lowest BCUT2D eigenvalue weighted by molar-refractivity contribution is -0.166. The Morgan fingerprint density at radius 2 is 2.23 bits per heavy atom.